The summed E-state index contributed by atoms with van der Waals surface area (Å²) >= 11 is 0. The van der Waals surface area contributed by atoms with Crippen LogP contribution in [0.15, 0.2) is 18.2 Å². The Bertz CT molecular complexity index is 423. The monoisotopic (exact) mass is 260 g/mol. The maximum Gasteiger partial charge on any atom is 0.0230 e. The van der Waals surface area contributed by atoms with Gasteiger partial charge in [0, 0.05) is 6.54 Å². The van der Waals surface area contributed by atoms with E-state index in [0.717, 1.165) is 26.1 Å². The molecule has 0 radical (unpaired) electrons. The highest BCUT2D eigenvalue weighted by molar-refractivity contribution is 5.35. The average molecular weight is 260 g/mol. The van der Waals surface area contributed by atoms with Gasteiger partial charge in [0.15, 0.2) is 0 Å². The number of benzene rings is 1. The molecule has 1 aromatic carbocycles. The van der Waals surface area contributed by atoms with Gasteiger partial charge >= 0.3 is 0 Å². The molecular formula is C17H28N2. The molecule has 0 bridgehead atoms. The van der Waals surface area contributed by atoms with Crippen LogP contribution in [-0.4, -0.2) is 25.0 Å². The van der Waals surface area contributed by atoms with Crippen LogP contribution in [0.4, 0.5) is 0 Å². The summed E-state index contributed by atoms with van der Waals surface area (Å²) in [5, 5.41) is 0. The Morgan fingerprint density at radius 2 is 1.95 bits per heavy atom. The summed E-state index contributed by atoms with van der Waals surface area (Å²) in [5.41, 5.74) is 10.6. The second-order valence-electron chi connectivity index (χ2n) is 6.81. The van der Waals surface area contributed by atoms with E-state index in [4.69, 9.17) is 5.73 Å². The van der Waals surface area contributed by atoms with Gasteiger partial charge in [-0.2, -0.15) is 0 Å². The fraction of sp³-hybridized carbons (Fsp3) is 0.647. The maximum absolute atomic E-state index is 5.79. The van der Waals surface area contributed by atoms with Crippen molar-refractivity contribution in [1.29, 1.82) is 0 Å². The summed E-state index contributed by atoms with van der Waals surface area (Å²) in [7, 11) is 2.21. The first kappa shape index (κ1) is 14.5. The molecule has 0 spiro atoms. The Morgan fingerprint density at radius 3 is 2.68 bits per heavy atom. The quantitative estimate of drug-likeness (QED) is 0.852. The predicted molar refractivity (Wildman–Crippen MR) is 82.3 cm³/mol. The Kier molecular flexibility index (Phi) is 4.64. The molecular weight excluding hydrogens is 232 g/mol. The molecule has 2 N–H and O–H groups in total. The molecule has 0 aliphatic heterocycles. The highest BCUT2D eigenvalue weighted by Crippen LogP contribution is 2.24. The van der Waals surface area contributed by atoms with Gasteiger partial charge in [0.1, 0.15) is 0 Å². The fourth-order valence-electron chi connectivity index (χ4n) is 2.71. The van der Waals surface area contributed by atoms with Gasteiger partial charge in [-0.1, -0.05) is 32.0 Å². The number of hydrogen-bond donors (Lipinski definition) is 1. The number of nitrogens with zero attached hydrogens (tertiary/aromatic N) is 1. The molecule has 1 aliphatic carbocycles. The van der Waals surface area contributed by atoms with E-state index in [1.165, 1.54) is 24.8 Å². The van der Waals surface area contributed by atoms with Crippen molar-refractivity contribution >= 4 is 0 Å². The zero-order valence-corrected chi connectivity index (χ0v) is 12.7. The van der Waals surface area contributed by atoms with E-state index < -0.39 is 0 Å². The minimum absolute atomic E-state index is 0.256. The largest absolute Gasteiger partial charge is 0.330 e. The highest BCUT2D eigenvalue weighted by Gasteiger charge is 2.16. The fourth-order valence-corrected chi connectivity index (χ4v) is 2.71. The summed E-state index contributed by atoms with van der Waals surface area (Å²) in [5.74, 6) is 0. The number of rotatable bonds is 6. The summed E-state index contributed by atoms with van der Waals surface area (Å²) in [6, 6.07) is 7.04. The molecule has 2 rings (SSSR count). The van der Waals surface area contributed by atoms with Crippen molar-refractivity contribution in [2.24, 2.45) is 11.1 Å². The van der Waals surface area contributed by atoms with E-state index >= 15 is 0 Å². The van der Waals surface area contributed by atoms with Crippen LogP contribution >= 0.6 is 0 Å². The molecule has 19 heavy (non-hydrogen) atoms. The van der Waals surface area contributed by atoms with Crippen molar-refractivity contribution in [2.45, 2.75) is 46.1 Å². The molecule has 0 amide bonds. The van der Waals surface area contributed by atoms with Gasteiger partial charge in [0.2, 0.25) is 0 Å². The van der Waals surface area contributed by atoms with E-state index in [1.807, 2.05) is 0 Å². The van der Waals surface area contributed by atoms with E-state index in [-0.39, 0.29) is 5.41 Å². The molecule has 0 fully saturated rings. The molecule has 106 valence electrons. The van der Waals surface area contributed by atoms with Crippen LogP contribution in [0.3, 0.4) is 0 Å². The van der Waals surface area contributed by atoms with Gasteiger partial charge in [0.05, 0.1) is 0 Å². The summed E-state index contributed by atoms with van der Waals surface area (Å²) in [4.78, 5) is 2.41. The van der Waals surface area contributed by atoms with E-state index in [9.17, 15) is 0 Å². The van der Waals surface area contributed by atoms with Crippen molar-refractivity contribution in [3.8, 4) is 0 Å². The van der Waals surface area contributed by atoms with Crippen molar-refractivity contribution in [2.75, 3.05) is 20.1 Å². The van der Waals surface area contributed by atoms with Crippen LogP contribution in [0.2, 0.25) is 0 Å². The van der Waals surface area contributed by atoms with Crippen molar-refractivity contribution in [3.63, 3.8) is 0 Å². The van der Waals surface area contributed by atoms with Crippen molar-refractivity contribution < 1.29 is 0 Å². The Labute approximate surface area is 118 Å². The first-order valence-electron chi connectivity index (χ1n) is 7.49. The normalized spacial score (nSPS) is 15.0. The first-order valence-corrected chi connectivity index (χ1v) is 7.49. The number of fused-ring (bicyclic) bond motifs is 1. The Hall–Kier alpha value is -0.860. The van der Waals surface area contributed by atoms with Gasteiger partial charge in [-0.05, 0) is 67.9 Å². The lowest BCUT2D eigenvalue weighted by molar-refractivity contribution is 0.249. The smallest absolute Gasteiger partial charge is 0.0230 e. The van der Waals surface area contributed by atoms with Crippen LogP contribution in [0.25, 0.3) is 0 Å². The Balaban J connectivity index is 1.87. The highest BCUT2D eigenvalue weighted by atomic mass is 15.1. The minimum Gasteiger partial charge on any atom is -0.330 e. The van der Waals surface area contributed by atoms with Gasteiger partial charge in [-0.15, -0.1) is 0 Å². The van der Waals surface area contributed by atoms with Gasteiger partial charge in [0.25, 0.3) is 0 Å². The molecule has 0 saturated heterocycles. The third-order valence-corrected chi connectivity index (χ3v) is 4.34. The number of hydrogen-bond acceptors (Lipinski definition) is 2. The maximum atomic E-state index is 5.79. The second kappa shape index (κ2) is 6.06. The van der Waals surface area contributed by atoms with Gasteiger partial charge in [-0.25, -0.2) is 0 Å². The number of nitrogens with two attached hydrogens (primary N) is 1. The molecule has 1 aliphatic rings. The Morgan fingerprint density at radius 1 is 1.21 bits per heavy atom. The van der Waals surface area contributed by atoms with Gasteiger partial charge < -0.3 is 10.6 Å². The minimum atomic E-state index is 0.256. The van der Waals surface area contributed by atoms with Crippen molar-refractivity contribution in [1.82, 2.24) is 4.90 Å². The lowest BCUT2D eigenvalue weighted by Gasteiger charge is -2.26. The SMILES string of the molecule is CN(CCC(C)(C)CN)Cc1ccc2c(c1)CCC2. The average Bonchev–Trinajstić information content (AvgIpc) is 2.84. The van der Waals surface area contributed by atoms with Crippen molar-refractivity contribution in [3.05, 3.63) is 34.9 Å². The van der Waals surface area contributed by atoms with Gasteiger partial charge in [-0.3, -0.25) is 0 Å². The zero-order chi connectivity index (χ0) is 13.9. The van der Waals surface area contributed by atoms with Crippen LogP contribution in [-0.2, 0) is 19.4 Å². The lowest BCUT2D eigenvalue weighted by atomic mass is 9.89. The zero-order valence-electron chi connectivity index (χ0n) is 12.7. The molecule has 0 heterocycles. The molecule has 2 nitrogen and oxygen atoms in total. The van der Waals surface area contributed by atoms with E-state index in [2.05, 4.69) is 44.0 Å². The van der Waals surface area contributed by atoms with Crippen LogP contribution in [0.5, 0.6) is 0 Å². The van der Waals surface area contributed by atoms with Crippen LogP contribution in [0.1, 0.15) is 43.4 Å². The topological polar surface area (TPSA) is 29.3 Å². The molecule has 0 atom stereocenters. The first-order chi connectivity index (χ1) is 9.00. The predicted octanol–water partition coefficient (Wildman–Crippen LogP) is 2.98. The van der Waals surface area contributed by atoms with E-state index in [0.29, 0.717) is 0 Å². The number of aryl methyl sites for hydroxylation is 2. The summed E-state index contributed by atoms with van der Waals surface area (Å²) in [6.07, 6.45) is 5.04. The molecule has 0 unspecified atom stereocenters. The lowest BCUT2D eigenvalue weighted by Crippen LogP contribution is -2.29. The summed E-state index contributed by atoms with van der Waals surface area (Å²) in [6.45, 7) is 7.42. The molecule has 1 aromatic rings. The van der Waals surface area contributed by atoms with Crippen LogP contribution in [0, 0.1) is 5.41 Å². The third-order valence-electron chi connectivity index (χ3n) is 4.34. The molecule has 0 saturated carbocycles. The van der Waals surface area contributed by atoms with Crippen LogP contribution < -0.4 is 5.73 Å². The molecule has 0 aromatic heterocycles. The standard InChI is InChI=1S/C17H28N2/c1-17(2,13-18)9-10-19(3)12-14-7-8-15-5-4-6-16(15)11-14/h7-8,11H,4-6,9-10,12-13,18H2,1-3H3. The summed E-state index contributed by atoms with van der Waals surface area (Å²) < 4.78 is 0. The second-order valence-corrected chi connectivity index (χ2v) is 6.81. The van der Waals surface area contributed by atoms with E-state index in [1.54, 1.807) is 11.1 Å². The molecule has 2 heteroatoms. The third kappa shape index (κ3) is 4.05.